The largest absolute Gasteiger partial charge is 0.158 e. The molecule has 0 radical (unpaired) electrons. The fourth-order valence-electron chi connectivity index (χ4n) is 1.64. The molecule has 2 unspecified atom stereocenters. The second kappa shape index (κ2) is 2.56. The third-order valence-corrected chi connectivity index (χ3v) is 4.90. The van der Waals surface area contributed by atoms with E-state index in [1.54, 1.807) is 10.5 Å². The van der Waals surface area contributed by atoms with Gasteiger partial charge in [0.2, 0.25) is 0 Å². The van der Waals surface area contributed by atoms with Crippen molar-refractivity contribution in [3.63, 3.8) is 0 Å². The molecule has 0 bridgehead atoms. The molecule has 0 saturated carbocycles. The molecule has 1 aliphatic rings. The average Bonchev–Trinajstić information content (AvgIpc) is 2.30. The summed E-state index contributed by atoms with van der Waals surface area (Å²) < 4.78 is 0. The second-order valence-electron chi connectivity index (χ2n) is 3.18. The first-order valence-corrected chi connectivity index (χ1v) is 5.71. The van der Waals surface area contributed by atoms with Crippen LogP contribution in [0.2, 0.25) is 0 Å². The van der Waals surface area contributed by atoms with Gasteiger partial charge < -0.3 is 0 Å². The second-order valence-corrected chi connectivity index (χ2v) is 5.54. The summed E-state index contributed by atoms with van der Waals surface area (Å²) >= 11 is 0. The molecule has 11 heavy (non-hydrogen) atoms. The van der Waals surface area contributed by atoms with Crippen molar-refractivity contribution in [2.45, 2.75) is 23.5 Å². The van der Waals surface area contributed by atoms with Crippen LogP contribution in [0.15, 0.2) is 29.2 Å². The number of benzene rings is 1. The third-order valence-electron chi connectivity index (χ3n) is 2.43. The predicted octanol–water partition coefficient (Wildman–Crippen LogP) is 2.24. The van der Waals surface area contributed by atoms with Gasteiger partial charge in [-0.3, -0.25) is 0 Å². The van der Waals surface area contributed by atoms with Gasteiger partial charge in [0.25, 0.3) is 0 Å². The van der Waals surface area contributed by atoms with Crippen molar-refractivity contribution in [3.05, 3.63) is 29.8 Å². The molecule has 0 saturated heterocycles. The minimum atomic E-state index is 0.507. The Kier molecular flexibility index (Phi) is 1.68. The van der Waals surface area contributed by atoms with E-state index in [1.165, 1.54) is 6.42 Å². The Hall–Kier alpha value is -0.430. The summed E-state index contributed by atoms with van der Waals surface area (Å²) in [5.74, 6) is 0. The van der Waals surface area contributed by atoms with Gasteiger partial charge in [0, 0.05) is 22.9 Å². The van der Waals surface area contributed by atoms with E-state index < -0.39 is 0 Å². The maximum atomic E-state index is 2.36. The summed E-state index contributed by atoms with van der Waals surface area (Å²) in [6.07, 6.45) is 3.65. The molecule has 0 N–H and O–H groups in total. The lowest BCUT2D eigenvalue weighted by Gasteiger charge is -1.97. The van der Waals surface area contributed by atoms with Gasteiger partial charge in [-0.1, -0.05) is 18.2 Å². The third kappa shape index (κ3) is 1.08. The Bertz CT molecular complexity index is 267. The fourth-order valence-corrected chi connectivity index (χ4v) is 3.36. The fraction of sp³-hybridized carbons (Fsp3) is 0.400. The van der Waals surface area contributed by atoms with E-state index >= 15 is 0 Å². The first kappa shape index (κ1) is 7.23. The lowest BCUT2D eigenvalue weighted by molar-refractivity contribution is 0.956. The van der Waals surface area contributed by atoms with E-state index in [9.17, 15) is 0 Å². The maximum absolute atomic E-state index is 2.36. The first-order valence-electron chi connectivity index (χ1n) is 4.01. The minimum absolute atomic E-state index is 0.507. The molecule has 1 aromatic carbocycles. The summed E-state index contributed by atoms with van der Waals surface area (Å²) in [5, 5.41) is 0.868. The summed E-state index contributed by atoms with van der Waals surface area (Å²) in [5.41, 5.74) is 1.57. The van der Waals surface area contributed by atoms with Gasteiger partial charge >= 0.3 is 0 Å². The van der Waals surface area contributed by atoms with Crippen LogP contribution in [-0.4, -0.2) is 11.5 Å². The Morgan fingerprint density at radius 3 is 2.82 bits per heavy atom. The summed E-state index contributed by atoms with van der Waals surface area (Å²) in [6, 6.07) is 8.85. The van der Waals surface area contributed by atoms with Crippen molar-refractivity contribution in [1.29, 1.82) is 0 Å². The van der Waals surface area contributed by atoms with Gasteiger partial charge in [0.05, 0.1) is 0 Å². The van der Waals surface area contributed by atoms with Crippen molar-refractivity contribution >= 4 is 10.9 Å². The molecule has 2 atom stereocenters. The molecule has 1 aliphatic heterocycles. The normalized spacial score (nSPS) is 28.5. The molecule has 0 amide bonds. The monoisotopic (exact) mass is 165 g/mol. The Balaban J connectivity index is 2.47. The Morgan fingerprint density at radius 2 is 2.09 bits per heavy atom. The van der Waals surface area contributed by atoms with Crippen LogP contribution in [0.25, 0.3) is 0 Å². The van der Waals surface area contributed by atoms with Crippen LogP contribution >= 0.6 is 0 Å². The minimum Gasteiger partial charge on any atom is -0.0616 e. The summed E-state index contributed by atoms with van der Waals surface area (Å²) in [4.78, 5) is 1.60. The molecule has 2 rings (SSSR count). The lowest BCUT2D eigenvalue weighted by Crippen LogP contribution is -2.10. The molecule has 0 aliphatic carbocycles. The van der Waals surface area contributed by atoms with Gasteiger partial charge in [-0.15, -0.1) is 0 Å². The van der Waals surface area contributed by atoms with Gasteiger partial charge in [-0.25, -0.2) is 0 Å². The molecule has 1 heteroatoms. The highest BCUT2D eigenvalue weighted by atomic mass is 32.2. The number of rotatable bonds is 0. The smallest absolute Gasteiger partial charge is 0.0616 e. The van der Waals surface area contributed by atoms with Gasteiger partial charge in [0.15, 0.2) is 4.90 Å². The number of hydrogen-bond donors (Lipinski definition) is 0. The van der Waals surface area contributed by atoms with E-state index in [-0.39, 0.29) is 0 Å². The van der Waals surface area contributed by atoms with Crippen LogP contribution < -0.4 is 0 Å². The van der Waals surface area contributed by atoms with Gasteiger partial charge in [0.1, 0.15) is 11.5 Å². The van der Waals surface area contributed by atoms with E-state index in [0.717, 1.165) is 5.25 Å². The maximum Gasteiger partial charge on any atom is 0.158 e. The van der Waals surface area contributed by atoms with Crippen LogP contribution in [0.1, 0.15) is 12.5 Å². The lowest BCUT2D eigenvalue weighted by atomic mass is 10.1. The van der Waals surface area contributed by atoms with Gasteiger partial charge in [-0.05, 0) is 13.0 Å². The number of hydrogen-bond acceptors (Lipinski definition) is 0. The predicted molar refractivity (Wildman–Crippen MR) is 51.2 cm³/mol. The van der Waals surface area contributed by atoms with Crippen molar-refractivity contribution in [2.75, 3.05) is 6.26 Å². The molecule has 1 aromatic rings. The van der Waals surface area contributed by atoms with Crippen molar-refractivity contribution in [1.82, 2.24) is 0 Å². The van der Waals surface area contributed by atoms with Crippen LogP contribution in [0.3, 0.4) is 0 Å². The number of fused-ring (bicyclic) bond motifs is 1. The molecule has 1 heterocycles. The topological polar surface area (TPSA) is 0 Å². The standard InChI is InChI=1S/C10H13S/c1-8-7-9-5-3-4-6-10(9)11(8)2/h3-6,8H,7H2,1-2H3/q+1. The van der Waals surface area contributed by atoms with Crippen molar-refractivity contribution < 1.29 is 0 Å². The van der Waals surface area contributed by atoms with Crippen LogP contribution in [0.4, 0.5) is 0 Å². The van der Waals surface area contributed by atoms with Crippen LogP contribution in [0, 0.1) is 0 Å². The van der Waals surface area contributed by atoms with Crippen molar-refractivity contribution in [3.8, 4) is 0 Å². The molecule has 0 nitrogen and oxygen atoms in total. The first-order chi connectivity index (χ1) is 5.29. The molecular weight excluding hydrogens is 152 g/mol. The van der Waals surface area contributed by atoms with Crippen LogP contribution in [-0.2, 0) is 17.3 Å². The molecule has 58 valence electrons. The van der Waals surface area contributed by atoms with Crippen molar-refractivity contribution in [2.24, 2.45) is 0 Å². The van der Waals surface area contributed by atoms with E-state index in [1.807, 2.05) is 0 Å². The Morgan fingerprint density at radius 1 is 1.36 bits per heavy atom. The SMILES string of the molecule is CC1Cc2ccccc2[S+]1C. The van der Waals surface area contributed by atoms with E-state index in [0.29, 0.717) is 10.9 Å². The summed E-state index contributed by atoms with van der Waals surface area (Å²) in [7, 11) is 0.507. The highest BCUT2D eigenvalue weighted by Crippen LogP contribution is 2.30. The highest BCUT2D eigenvalue weighted by molar-refractivity contribution is 7.97. The average molecular weight is 165 g/mol. The van der Waals surface area contributed by atoms with E-state index in [4.69, 9.17) is 0 Å². The molecule has 0 fully saturated rings. The zero-order valence-electron chi connectivity index (χ0n) is 7.00. The van der Waals surface area contributed by atoms with E-state index in [2.05, 4.69) is 37.4 Å². The zero-order chi connectivity index (χ0) is 7.84. The molecule has 0 spiro atoms. The van der Waals surface area contributed by atoms with Crippen LogP contribution in [0.5, 0.6) is 0 Å². The molecular formula is C10H13S+. The quantitative estimate of drug-likeness (QED) is 0.517. The zero-order valence-corrected chi connectivity index (χ0v) is 7.82. The highest BCUT2D eigenvalue weighted by Gasteiger charge is 2.34. The Labute approximate surface area is 71.0 Å². The van der Waals surface area contributed by atoms with Gasteiger partial charge in [-0.2, -0.15) is 0 Å². The molecule has 0 aromatic heterocycles. The summed E-state index contributed by atoms with van der Waals surface area (Å²) in [6.45, 7) is 2.35.